The molecule has 2 aromatic heterocycles. The van der Waals surface area contributed by atoms with E-state index in [1.165, 1.54) is 29.7 Å². The minimum atomic E-state index is -0.228. The van der Waals surface area contributed by atoms with Gasteiger partial charge in [0.25, 0.3) is 5.91 Å². The van der Waals surface area contributed by atoms with E-state index in [-0.39, 0.29) is 5.91 Å². The Bertz CT molecular complexity index is 845. The summed E-state index contributed by atoms with van der Waals surface area (Å²) in [7, 11) is 0. The van der Waals surface area contributed by atoms with E-state index in [0.717, 1.165) is 27.5 Å². The van der Waals surface area contributed by atoms with Crippen LogP contribution in [-0.2, 0) is 6.42 Å². The average molecular weight is 404 g/mol. The largest absolute Gasteiger partial charge is 0.296 e. The van der Waals surface area contributed by atoms with Crippen LogP contribution in [-0.4, -0.2) is 15.9 Å². The highest BCUT2D eigenvalue weighted by molar-refractivity contribution is 9.10. The number of fused-ring (bicyclic) bond motifs is 1. The van der Waals surface area contributed by atoms with Gasteiger partial charge in [-0.1, -0.05) is 53.1 Å². The predicted octanol–water partition coefficient (Wildman–Crippen LogP) is 5.44. The van der Waals surface area contributed by atoms with Crippen molar-refractivity contribution >= 4 is 48.5 Å². The van der Waals surface area contributed by atoms with Crippen molar-refractivity contribution in [3.8, 4) is 0 Å². The number of pyridine rings is 1. The molecular weight excluding hydrogens is 386 g/mol. The van der Waals surface area contributed by atoms with Crippen LogP contribution in [0.15, 0.2) is 41.0 Å². The average Bonchev–Trinajstić information content (AvgIpc) is 2.97. The van der Waals surface area contributed by atoms with Gasteiger partial charge in [0.2, 0.25) is 0 Å². The maximum Gasteiger partial charge on any atom is 0.276 e. The molecule has 6 heteroatoms. The Morgan fingerprint density at radius 3 is 2.88 bits per heavy atom. The lowest BCUT2D eigenvalue weighted by molar-refractivity contribution is 0.102. The van der Waals surface area contributed by atoms with Crippen molar-refractivity contribution in [2.45, 2.75) is 32.6 Å². The molecule has 0 bridgehead atoms. The summed E-state index contributed by atoms with van der Waals surface area (Å²) in [6.45, 7) is 2.19. The lowest BCUT2D eigenvalue weighted by atomic mass is 10.1. The van der Waals surface area contributed by atoms with E-state index in [4.69, 9.17) is 0 Å². The first-order valence-corrected chi connectivity index (χ1v) is 9.59. The van der Waals surface area contributed by atoms with Gasteiger partial charge in [0.1, 0.15) is 5.69 Å². The lowest BCUT2D eigenvalue weighted by Crippen LogP contribution is -2.13. The normalized spacial score (nSPS) is 10.9. The minimum absolute atomic E-state index is 0.228. The standard InChI is InChI=1S/C18H18BrN3OS/c1-2-3-4-5-12-6-8-14(20-11-12)17(23)22-18-21-15-10-13(19)7-9-16(15)24-18/h6-11H,2-5H2,1H3,(H,21,22,23). The second-order valence-electron chi connectivity index (χ2n) is 5.59. The number of benzene rings is 1. The molecule has 2 heterocycles. The van der Waals surface area contributed by atoms with Crippen LogP contribution in [0.1, 0.15) is 42.2 Å². The molecule has 0 aliphatic heterocycles. The van der Waals surface area contributed by atoms with Gasteiger partial charge in [-0.15, -0.1) is 0 Å². The summed E-state index contributed by atoms with van der Waals surface area (Å²) in [5.74, 6) is -0.228. The summed E-state index contributed by atoms with van der Waals surface area (Å²) in [4.78, 5) is 21.0. The van der Waals surface area contributed by atoms with Gasteiger partial charge in [-0.2, -0.15) is 0 Å². The molecule has 3 aromatic rings. The van der Waals surface area contributed by atoms with Crippen LogP contribution < -0.4 is 5.32 Å². The van der Waals surface area contributed by atoms with Crippen molar-refractivity contribution in [1.82, 2.24) is 9.97 Å². The van der Waals surface area contributed by atoms with Gasteiger partial charge in [0.05, 0.1) is 10.2 Å². The van der Waals surface area contributed by atoms with Crippen LogP contribution >= 0.6 is 27.3 Å². The molecule has 3 rings (SSSR count). The Morgan fingerprint density at radius 2 is 2.12 bits per heavy atom. The molecule has 0 fully saturated rings. The molecular formula is C18H18BrN3OS. The molecule has 124 valence electrons. The third-order valence-electron chi connectivity index (χ3n) is 3.70. The van der Waals surface area contributed by atoms with E-state index in [1.54, 1.807) is 12.3 Å². The second kappa shape index (κ2) is 7.85. The van der Waals surface area contributed by atoms with Crippen molar-refractivity contribution < 1.29 is 4.79 Å². The van der Waals surface area contributed by atoms with Gasteiger partial charge in [0, 0.05) is 10.7 Å². The monoisotopic (exact) mass is 403 g/mol. The molecule has 1 amide bonds. The fourth-order valence-corrected chi connectivity index (χ4v) is 3.59. The number of hydrogen-bond donors (Lipinski definition) is 1. The molecule has 0 spiro atoms. The first-order valence-electron chi connectivity index (χ1n) is 7.98. The second-order valence-corrected chi connectivity index (χ2v) is 7.54. The number of aryl methyl sites for hydroxylation is 1. The third kappa shape index (κ3) is 4.19. The summed E-state index contributed by atoms with van der Waals surface area (Å²) in [6.07, 6.45) is 6.38. The number of carbonyl (C=O) groups is 1. The van der Waals surface area contributed by atoms with E-state index in [0.29, 0.717) is 10.8 Å². The third-order valence-corrected chi connectivity index (χ3v) is 5.14. The van der Waals surface area contributed by atoms with Gasteiger partial charge in [0.15, 0.2) is 5.13 Å². The smallest absolute Gasteiger partial charge is 0.276 e. The summed E-state index contributed by atoms with van der Waals surface area (Å²) >= 11 is 4.88. The van der Waals surface area contributed by atoms with Crippen LogP contribution in [0.25, 0.3) is 10.2 Å². The van der Waals surface area contributed by atoms with Gasteiger partial charge in [-0.25, -0.2) is 4.98 Å². The highest BCUT2D eigenvalue weighted by atomic mass is 79.9. The first kappa shape index (κ1) is 17.0. The summed E-state index contributed by atoms with van der Waals surface area (Å²) in [6, 6.07) is 9.64. The molecule has 4 nitrogen and oxygen atoms in total. The molecule has 0 saturated carbocycles. The molecule has 1 N–H and O–H groups in total. The van der Waals surface area contributed by atoms with E-state index in [1.807, 2.05) is 24.3 Å². The van der Waals surface area contributed by atoms with Crippen LogP contribution in [0.2, 0.25) is 0 Å². The fourth-order valence-electron chi connectivity index (χ4n) is 2.40. The highest BCUT2D eigenvalue weighted by Gasteiger charge is 2.11. The Labute approximate surface area is 153 Å². The van der Waals surface area contributed by atoms with Crippen LogP contribution in [0.5, 0.6) is 0 Å². The number of nitrogens with one attached hydrogen (secondary N) is 1. The van der Waals surface area contributed by atoms with E-state index >= 15 is 0 Å². The Morgan fingerprint density at radius 1 is 1.25 bits per heavy atom. The number of aromatic nitrogens is 2. The van der Waals surface area contributed by atoms with Crippen LogP contribution in [0.4, 0.5) is 5.13 Å². The molecule has 0 unspecified atom stereocenters. The molecule has 24 heavy (non-hydrogen) atoms. The quantitative estimate of drug-likeness (QED) is 0.557. The molecule has 0 saturated heterocycles. The summed E-state index contributed by atoms with van der Waals surface area (Å²) in [5.41, 5.74) is 2.45. The fraction of sp³-hybridized carbons (Fsp3) is 0.278. The van der Waals surface area contributed by atoms with Crippen molar-refractivity contribution in [3.05, 3.63) is 52.3 Å². The number of anilines is 1. The van der Waals surface area contributed by atoms with E-state index in [2.05, 4.69) is 38.1 Å². The number of rotatable bonds is 6. The molecule has 0 aliphatic carbocycles. The number of hydrogen-bond acceptors (Lipinski definition) is 4. The van der Waals surface area contributed by atoms with Crippen LogP contribution in [0.3, 0.4) is 0 Å². The zero-order valence-corrected chi connectivity index (χ0v) is 15.8. The number of thiazole rings is 1. The number of nitrogens with zero attached hydrogens (tertiary/aromatic N) is 2. The molecule has 0 atom stereocenters. The minimum Gasteiger partial charge on any atom is -0.296 e. The van der Waals surface area contributed by atoms with Crippen molar-refractivity contribution in [2.75, 3.05) is 5.32 Å². The maximum atomic E-state index is 12.3. The Kier molecular flexibility index (Phi) is 5.58. The van der Waals surface area contributed by atoms with Gasteiger partial charge < -0.3 is 0 Å². The number of amides is 1. The Balaban J connectivity index is 1.67. The van der Waals surface area contributed by atoms with Gasteiger partial charge in [-0.3, -0.25) is 15.1 Å². The molecule has 0 aliphatic rings. The van der Waals surface area contributed by atoms with Crippen LogP contribution in [0, 0.1) is 0 Å². The summed E-state index contributed by atoms with van der Waals surface area (Å²) in [5, 5.41) is 3.41. The molecule has 0 radical (unpaired) electrons. The summed E-state index contributed by atoms with van der Waals surface area (Å²) < 4.78 is 2.01. The van der Waals surface area contributed by atoms with E-state index in [9.17, 15) is 4.79 Å². The predicted molar refractivity (Wildman–Crippen MR) is 103 cm³/mol. The highest BCUT2D eigenvalue weighted by Crippen LogP contribution is 2.28. The number of carbonyl (C=O) groups excluding carboxylic acids is 1. The Hall–Kier alpha value is -1.79. The topological polar surface area (TPSA) is 54.9 Å². The first-order chi connectivity index (χ1) is 11.7. The SMILES string of the molecule is CCCCCc1ccc(C(=O)Nc2nc3cc(Br)ccc3s2)nc1. The maximum absolute atomic E-state index is 12.3. The number of unbranched alkanes of at least 4 members (excludes halogenated alkanes) is 2. The lowest BCUT2D eigenvalue weighted by Gasteiger charge is -2.03. The van der Waals surface area contributed by atoms with E-state index < -0.39 is 0 Å². The zero-order valence-electron chi connectivity index (χ0n) is 13.4. The zero-order chi connectivity index (χ0) is 16.9. The van der Waals surface area contributed by atoms with Crippen molar-refractivity contribution in [3.63, 3.8) is 0 Å². The number of halogens is 1. The van der Waals surface area contributed by atoms with Crippen molar-refractivity contribution in [1.29, 1.82) is 0 Å². The van der Waals surface area contributed by atoms with Gasteiger partial charge >= 0.3 is 0 Å². The van der Waals surface area contributed by atoms with Gasteiger partial charge in [-0.05, 0) is 42.7 Å². The molecule has 1 aromatic carbocycles. The van der Waals surface area contributed by atoms with Crippen molar-refractivity contribution in [2.24, 2.45) is 0 Å².